The van der Waals surface area contributed by atoms with Gasteiger partial charge in [-0.3, -0.25) is 19.1 Å². The Balaban J connectivity index is 1.31. The van der Waals surface area contributed by atoms with Gasteiger partial charge in [0.05, 0.1) is 24.0 Å². The first-order chi connectivity index (χ1) is 17.5. The van der Waals surface area contributed by atoms with Gasteiger partial charge in [0.2, 0.25) is 5.91 Å². The summed E-state index contributed by atoms with van der Waals surface area (Å²) in [7, 11) is 0. The van der Waals surface area contributed by atoms with E-state index in [2.05, 4.69) is 23.1 Å². The van der Waals surface area contributed by atoms with Crippen molar-refractivity contribution in [2.45, 2.75) is 56.8 Å². The maximum Gasteiger partial charge on any atom is 0.265 e. The van der Waals surface area contributed by atoms with Gasteiger partial charge < -0.3 is 4.90 Å². The van der Waals surface area contributed by atoms with Gasteiger partial charge in [-0.05, 0) is 56.4 Å². The molecular formula is C27H28N6O2S. The molecule has 0 aliphatic carbocycles. The predicted octanol–water partition coefficient (Wildman–Crippen LogP) is 4.38. The van der Waals surface area contributed by atoms with Crippen molar-refractivity contribution >= 4 is 28.7 Å². The van der Waals surface area contributed by atoms with Crippen LogP contribution in [-0.2, 0) is 4.79 Å². The van der Waals surface area contributed by atoms with Crippen LogP contribution in [0.5, 0.6) is 0 Å². The lowest BCUT2D eigenvalue weighted by atomic mass is 9.95. The van der Waals surface area contributed by atoms with Crippen LogP contribution in [0.4, 0.5) is 0 Å². The van der Waals surface area contributed by atoms with Crippen LogP contribution in [0.3, 0.4) is 0 Å². The Labute approximate surface area is 213 Å². The molecule has 1 amide bonds. The van der Waals surface area contributed by atoms with Crippen molar-refractivity contribution in [1.82, 2.24) is 29.2 Å². The van der Waals surface area contributed by atoms with Gasteiger partial charge in [0.25, 0.3) is 5.56 Å². The van der Waals surface area contributed by atoms with E-state index in [-0.39, 0.29) is 30.0 Å². The lowest BCUT2D eigenvalue weighted by Gasteiger charge is -2.36. The van der Waals surface area contributed by atoms with E-state index in [1.54, 1.807) is 21.6 Å². The SMILES string of the molecule is Cc1ccc(-n2ncc3c(=O)n4c(nc32)SCC4CC(=O)N2CCCCC2c2cccnc2)c(C)c1. The molecule has 5 heterocycles. The summed E-state index contributed by atoms with van der Waals surface area (Å²) in [6, 6.07) is 9.93. The average Bonchev–Trinajstić information content (AvgIpc) is 3.49. The monoisotopic (exact) mass is 500 g/mol. The van der Waals surface area contributed by atoms with Crippen molar-refractivity contribution in [2.75, 3.05) is 12.3 Å². The maximum atomic E-state index is 13.6. The van der Waals surface area contributed by atoms with Gasteiger partial charge in [-0.25, -0.2) is 9.67 Å². The number of hydrogen-bond acceptors (Lipinski definition) is 6. The Morgan fingerprint density at radius 2 is 2.06 bits per heavy atom. The molecule has 1 fully saturated rings. The average molecular weight is 501 g/mol. The van der Waals surface area contributed by atoms with Crippen LogP contribution in [0.15, 0.2) is 58.9 Å². The number of aryl methyl sites for hydroxylation is 2. The second-order valence-corrected chi connectivity index (χ2v) is 10.7. The Bertz CT molecular complexity index is 1510. The fourth-order valence-corrected chi connectivity index (χ4v) is 6.60. The molecule has 6 rings (SSSR count). The first-order valence-electron chi connectivity index (χ1n) is 12.4. The number of thioether (sulfide) groups is 1. The molecule has 8 nitrogen and oxygen atoms in total. The third-order valence-electron chi connectivity index (χ3n) is 7.25. The summed E-state index contributed by atoms with van der Waals surface area (Å²) in [5, 5.41) is 5.64. The van der Waals surface area contributed by atoms with Crippen molar-refractivity contribution in [2.24, 2.45) is 0 Å². The second kappa shape index (κ2) is 9.20. The summed E-state index contributed by atoms with van der Waals surface area (Å²) in [6.07, 6.45) is 8.53. The van der Waals surface area contributed by atoms with Gasteiger partial charge in [-0.15, -0.1) is 0 Å². The van der Waals surface area contributed by atoms with E-state index in [1.165, 1.54) is 17.3 Å². The zero-order chi connectivity index (χ0) is 24.8. The number of fused-ring (bicyclic) bond motifs is 2. The highest BCUT2D eigenvalue weighted by molar-refractivity contribution is 7.99. The van der Waals surface area contributed by atoms with Gasteiger partial charge in [-0.1, -0.05) is 35.5 Å². The summed E-state index contributed by atoms with van der Waals surface area (Å²) in [5.74, 6) is 0.739. The molecule has 9 heteroatoms. The summed E-state index contributed by atoms with van der Waals surface area (Å²) >= 11 is 1.53. The first-order valence-corrected chi connectivity index (χ1v) is 13.4. The fraction of sp³-hybridized carbons (Fsp3) is 0.370. The highest BCUT2D eigenvalue weighted by Crippen LogP contribution is 2.36. The Morgan fingerprint density at radius 3 is 2.86 bits per heavy atom. The van der Waals surface area contributed by atoms with Crippen LogP contribution in [0.25, 0.3) is 16.7 Å². The van der Waals surface area contributed by atoms with Crippen LogP contribution in [0, 0.1) is 13.8 Å². The maximum absolute atomic E-state index is 13.6. The molecule has 0 N–H and O–H groups in total. The number of likely N-dealkylation sites (tertiary alicyclic amines) is 1. The number of amides is 1. The smallest absolute Gasteiger partial charge is 0.265 e. The minimum absolute atomic E-state index is 0.0433. The standard InChI is InChI=1S/C27H28N6O2S/c1-17-8-9-22(18(2)12-17)33-25-21(15-29-33)26(35)32-20(16-36-27(32)30-25)13-24(34)31-11-4-3-7-23(31)19-6-5-10-28-14-19/h5-6,8-10,12,14-15,20,23H,3-4,7,11,13,16H2,1-2H3. The summed E-state index contributed by atoms with van der Waals surface area (Å²) < 4.78 is 3.46. The molecule has 0 spiro atoms. The van der Waals surface area contributed by atoms with Crippen LogP contribution in [-0.4, -0.2) is 47.4 Å². The third-order valence-corrected chi connectivity index (χ3v) is 8.35. The molecule has 2 aliphatic heterocycles. The molecule has 2 aliphatic rings. The molecule has 2 atom stereocenters. The zero-order valence-corrected chi connectivity index (χ0v) is 21.2. The number of aromatic nitrogens is 5. The summed E-state index contributed by atoms with van der Waals surface area (Å²) in [5.41, 5.74) is 4.66. The Kier molecular flexibility index (Phi) is 5.87. The lowest BCUT2D eigenvalue weighted by Crippen LogP contribution is -2.40. The van der Waals surface area contributed by atoms with Crippen molar-refractivity contribution in [3.05, 3.63) is 76.0 Å². The van der Waals surface area contributed by atoms with E-state index in [9.17, 15) is 9.59 Å². The van der Waals surface area contributed by atoms with E-state index < -0.39 is 0 Å². The van der Waals surface area contributed by atoms with E-state index in [0.717, 1.165) is 42.6 Å². The summed E-state index contributed by atoms with van der Waals surface area (Å²) in [4.78, 5) is 38.2. The van der Waals surface area contributed by atoms with Crippen LogP contribution >= 0.6 is 11.8 Å². The number of pyridine rings is 1. The molecule has 0 radical (unpaired) electrons. The third kappa shape index (κ3) is 3.91. The predicted molar refractivity (Wildman–Crippen MR) is 140 cm³/mol. The van der Waals surface area contributed by atoms with Crippen molar-refractivity contribution in [3.63, 3.8) is 0 Å². The molecule has 36 heavy (non-hydrogen) atoms. The Hall–Kier alpha value is -3.46. The number of carbonyl (C=O) groups excluding carboxylic acids is 1. The van der Waals surface area contributed by atoms with E-state index in [1.807, 2.05) is 42.3 Å². The van der Waals surface area contributed by atoms with Crippen molar-refractivity contribution < 1.29 is 4.79 Å². The molecule has 184 valence electrons. The highest BCUT2D eigenvalue weighted by atomic mass is 32.2. The number of rotatable bonds is 4. The normalized spacial score (nSPS) is 19.6. The molecule has 3 aromatic heterocycles. The largest absolute Gasteiger partial charge is 0.336 e. The first kappa shape index (κ1) is 23.0. The topological polar surface area (TPSA) is 85.9 Å². The molecule has 2 unspecified atom stereocenters. The van der Waals surface area contributed by atoms with Gasteiger partial charge in [0.15, 0.2) is 10.8 Å². The molecule has 0 bridgehead atoms. The quantitative estimate of drug-likeness (QED) is 0.387. The minimum Gasteiger partial charge on any atom is -0.336 e. The van der Waals surface area contributed by atoms with Crippen LogP contribution < -0.4 is 5.56 Å². The minimum atomic E-state index is -0.220. The van der Waals surface area contributed by atoms with Crippen LogP contribution in [0.2, 0.25) is 0 Å². The molecule has 1 aromatic carbocycles. The van der Waals surface area contributed by atoms with E-state index in [0.29, 0.717) is 21.9 Å². The molecular weight excluding hydrogens is 472 g/mol. The van der Waals surface area contributed by atoms with Gasteiger partial charge in [0, 0.05) is 31.1 Å². The lowest BCUT2D eigenvalue weighted by molar-refractivity contribution is -0.135. The highest BCUT2D eigenvalue weighted by Gasteiger charge is 2.34. The van der Waals surface area contributed by atoms with E-state index in [4.69, 9.17) is 4.98 Å². The number of hydrogen-bond donors (Lipinski definition) is 0. The van der Waals surface area contributed by atoms with Crippen molar-refractivity contribution in [1.29, 1.82) is 0 Å². The molecule has 0 saturated carbocycles. The molecule has 1 saturated heterocycles. The van der Waals surface area contributed by atoms with Crippen LogP contribution in [0.1, 0.15) is 54.5 Å². The van der Waals surface area contributed by atoms with Gasteiger partial charge in [0.1, 0.15) is 5.39 Å². The molecule has 4 aromatic rings. The zero-order valence-electron chi connectivity index (χ0n) is 20.4. The van der Waals surface area contributed by atoms with Crippen molar-refractivity contribution in [3.8, 4) is 5.69 Å². The number of benzene rings is 1. The fourth-order valence-electron chi connectivity index (χ4n) is 5.47. The number of nitrogens with zero attached hydrogens (tertiary/aromatic N) is 6. The van der Waals surface area contributed by atoms with E-state index >= 15 is 0 Å². The number of carbonyl (C=O) groups is 1. The summed E-state index contributed by atoms with van der Waals surface area (Å²) in [6.45, 7) is 4.82. The number of piperidine rings is 1. The Morgan fingerprint density at radius 1 is 1.17 bits per heavy atom. The second-order valence-electron chi connectivity index (χ2n) is 9.71. The van der Waals surface area contributed by atoms with Gasteiger partial charge in [-0.2, -0.15) is 5.10 Å². The van der Waals surface area contributed by atoms with Gasteiger partial charge >= 0.3 is 0 Å².